The van der Waals surface area contributed by atoms with Gasteiger partial charge in [-0.3, -0.25) is 0 Å². The van der Waals surface area contributed by atoms with E-state index in [1.165, 1.54) is 0 Å². The maximum absolute atomic E-state index is 13.3. The van der Waals surface area contributed by atoms with E-state index in [0.29, 0.717) is 17.2 Å². The van der Waals surface area contributed by atoms with E-state index in [-0.39, 0.29) is 6.61 Å². The average Bonchev–Trinajstić information content (AvgIpc) is 2.68. The van der Waals surface area contributed by atoms with Gasteiger partial charge in [0.15, 0.2) is 0 Å². The van der Waals surface area contributed by atoms with Crippen LogP contribution in [0.2, 0.25) is 0 Å². The molecule has 0 aliphatic rings. The summed E-state index contributed by atoms with van der Waals surface area (Å²) in [5.41, 5.74) is 3.23. The molecule has 0 fully saturated rings. The van der Waals surface area contributed by atoms with Crippen molar-refractivity contribution in [3.63, 3.8) is 0 Å². The highest BCUT2D eigenvalue weighted by atomic mass is 31.2. The van der Waals surface area contributed by atoms with Crippen molar-refractivity contribution in [3.05, 3.63) is 89.5 Å². The molecule has 0 atom stereocenters. The SMILES string of the molecule is CCO.Cc1ccc(OP(=O)(Oc2ccc(C)cc2)Oc2ccc(C)cc2)cc1. The van der Waals surface area contributed by atoms with Crippen LogP contribution in [0.3, 0.4) is 0 Å². The second kappa shape index (κ2) is 10.7. The molecule has 0 bridgehead atoms. The fourth-order valence-corrected chi connectivity index (χ4v) is 3.49. The zero-order chi connectivity index (χ0) is 21.3. The van der Waals surface area contributed by atoms with Crippen LogP contribution in [0.15, 0.2) is 72.8 Å². The maximum Gasteiger partial charge on any atom is 0.647 e. The Hall–Kier alpha value is -2.75. The topological polar surface area (TPSA) is 65.0 Å². The quantitative estimate of drug-likeness (QED) is 0.483. The lowest BCUT2D eigenvalue weighted by Crippen LogP contribution is -2.07. The fourth-order valence-electron chi connectivity index (χ4n) is 2.24. The summed E-state index contributed by atoms with van der Waals surface area (Å²) in [7, 11) is -3.93. The van der Waals surface area contributed by atoms with E-state index in [1.54, 1.807) is 43.3 Å². The smallest absolute Gasteiger partial charge is 0.397 e. The maximum atomic E-state index is 13.3. The molecule has 0 radical (unpaired) electrons. The van der Waals surface area contributed by atoms with E-state index in [1.807, 2.05) is 57.2 Å². The lowest BCUT2D eigenvalue weighted by atomic mass is 10.2. The number of aryl methyl sites for hydroxylation is 3. The molecular formula is C23H27O5P. The van der Waals surface area contributed by atoms with E-state index in [2.05, 4.69) is 0 Å². The summed E-state index contributed by atoms with van der Waals surface area (Å²) in [6.45, 7) is 7.83. The van der Waals surface area contributed by atoms with Crippen LogP contribution in [0.25, 0.3) is 0 Å². The Morgan fingerprint density at radius 3 is 1.03 bits per heavy atom. The van der Waals surface area contributed by atoms with E-state index in [4.69, 9.17) is 18.7 Å². The van der Waals surface area contributed by atoms with Gasteiger partial charge in [0, 0.05) is 6.61 Å². The number of benzene rings is 3. The standard InChI is InChI=1S/C21H21O4P.C2H6O/c1-16-4-10-19(11-5-16)23-26(22,24-20-12-6-17(2)7-13-20)25-21-14-8-18(3)9-15-21;1-2-3/h4-15H,1-3H3;3H,2H2,1H3. The van der Waals surface area contributed by atoms with Crippen molar-refractivity contribution in [2.45, 2.75) is 27.7 Å². The summed E-state index contributed by atoms with van der Waals surface area (Å²) in [5.74, 6) is 1.24. The molecule has 0 aromatic heterocycles. The van der Waals surface area contributed by atoms with Crippen LogP contribution in [0.4, 0.5) is 0 Å². The molecule has 29 heavy (non-hydrogen) atoms. The van der Waals surface area contributed by atoms with Crippen LogP contribution in [-0.2, 0) is 4.57 Å². The number of rotatable bonds is 6. The van der Waals surface area contributed by atoms with Crippen molar-refractivity contribution in [1.29, 1.82) is 0 Å². The highest BCUT2D eigenvalue weighted by Gasteiger charge is 2.33. The molecule has 0 heterocycles. The van der Waals surface area contributed by atoms with Crippen molar-refractivity contribution in [3.8, 4) is 17.2 Å². The van der Waals surface area contributed by atoms with Crippen LogP contribution in [0, 0.1) is 20.8 Å². The molecule has 0 aliphatic carbocycles. The van der Waals surface area contributed by atoms with E-state index in [0.717, 1.165) is 16.7 Å². The molecule has 3 rings (SSSR count). The predicted molar refractivity (Wildman–Crippen MR) is 116 cm³/mol. The Labute approximate surface area is 172 Å². The first-order chi connectivity index (χ1) is 13.8. The molecule has 5 nitrogen and oxygen atoms in total. The average molecular weight is 414 g/mol. The summed E-state index contributed by atoms with van der Waals surface area (Å²) in [6, 6.07) is 21.6. The number of hydrogen-bond acceptors (Lipinski definition) is 5. The molecule has 1 N–H and O–H groups in total. The Balaban J connectivity index is 0.000000941. The zero-order valence-corrected chi connectivity index (χ0v) is 18.1. The second-order valence-corrected chi connectivity index (χ2v) is 7.92. The third-order valence-electron chi connectivity index (χ3n) is 3.71. The summed E-state index contributed by atoms with van der Waals surface area (Å²) in [5, 5.41) is 7.57. The lowest BCUT2D eigenvalue weighted by Gasteiger charge is -2.19. The molecular weight excluding hydrogens is 387 g/mol. The van der Waals surface area contributed by atoms with Gasteiger partial charge >= 0.3 is 7.82 Å². The summed E-state index contributed by atoms with van der Waals surface area (Å²) in [6.07, 6.45) is 0. The normalized spacial score (nSPS) is 10.5. The largest absolute Gasteiger partial charge is 0.647 e. The number of aliphatic hydroxyl groups is 1. The van der Waals surface area contributed by atoms with E-state index >= 15 is 0 Å². The molecule has 6 heteroatoms. The van der Waals surface area contributed by atoms with Crippen molar-refractivity contribution in [2.24, 2.45) is 0 Å². The molecule has 0 aliphatic heterocycles. The minimum Gasteiger partial charge on any atom is -0.397 e. The number of hydrogen-bond donors (Lipinski definition) is 1. The van der Waals surface area contributed by atoms with Crippen LogP contribution in [-0.4, -0.2) is 11.7 Å². The molecule has 3 aromatic rings. The van der Waals surface area contributed by atoms with E-state index in [9.17, 15) is 4.57 Å². The van der Waals surface area contributed by atoms with Gasteiger partial charge in [0.1, 0.15) is 17.2 Å². The zero-order valence-electron chi connectivity index (χ0n) is 17.2. The summed E-state index contributed by atoms with van der Waals surface area (Å²) < 4.78 is 30.2. The number of phosphoric acid groups is 1. The Morgan fingerprint density at radius 2 is 0.828 bits per heavy atom. The molecule has 0 saturated carbocycles. The molecule has 0 amide bonds. The number of phosphoric ester groups is 1. The van der Waals surface area contributed by atoms with Crippen LogP contribution >= 0.6 is 7.82 Å². The van der Waals surface area contributed by atoms with Gasteiger partial charge in [-0.1, -0.05) is 53.1 Å². The molecule has 3 aromatic carbocycles. The predicted octanol–water partition coefficient (Wildman–Crippen LogP) is 6.26. The van der Waals surface area contributed by atoms with Crippen molar-refractivity contribution < 1.29 is 23.2 Å². The van der Waals surface area contributed by atoms with Crippen molar-refractivity contribution in [2.75, 3.05) is 6.61 Å². The Kier molecular flexibility index (Phi) is 8.32. The van der Waals surface area contributed by atoms with Crippen LogP contribution < -0.4 is 13.6 Å². The highest BCUT2D eigenvalue weighted by Crippen LogP contribution is 2.49. The second-order valence-electron chi connectivity index (χ2n) is 6.48. The Bertz CT molecular complexity index is 797. The molecule has 0 unspecified atom stereocenters. The summed E-state index contributed by atoms with van der Waals surface area (Å²) in [4.78, 5) is 0. The third-order valence-corrected chi connectivity index (χ3v) is 5.02. The van der Waals surface area contributed by atoms with Gasteiger partial charge in [0.25, 0.3) is 0 Å². The first-order valence-corrected chi connectivity index (χ1v) is 10.8. The van der Waals surface area contributed by atoms with Crippen LogP contribution in [0.1, 0.15) is 23.6 Å². The van der Waals surface area contributed by atoms with Gasteiger partial charge in [-0.2, -0.15) is 4.57 Å². The molecule has 0 spiro atoms. The summed E-state index contributed by atoms with van der Waals surface area (Å²) >= 11 is 0. The minimum atomic E-state index is -3.93. The van der Waals surface area contributed by atoms with Gasteiger partial charge < -0.3 is 18.7 Å². The van der Waals surface area contributed by atoms with Crippen LogP contribution in [0.5, 0.6) is 17.2 Å². The minimum absolute atomic E-state index is 0.250. The fraction of sp³-hybridized carbons (Fsp3) is 0.217. The van der Waals surface area contributed by atoms with Crippen molar-refractivity contribution in [1.82, 2.24) is 0 Å². The highest BCUT2D eigenvalue weighted by molar-refractivity contribution is 7.49. The van der Waals surface area contributed by atoms with Gasteiger partial charge in [0.05, 0.1) is 0 Å². The van der Waals surface area contributed by atoms with Crippen molar-refractivity contribution >= 4 is 7.82 Å². The van der Waals surface area contributed by atoms with Gasteiger partial charge in [-0.05, 0) is 64.1 Å². The van der Waals surface area contributed by atoms with Gasteiger partial charge in [0.2, 0.25) is 0 Å². The molecule has 0 saturated heterocycles. The first-order valence-electron chi connectivity index (χ1n) is 9.33. The molecule has 154 valence electrons. The Morgan fingerprint density at radius 1 is 0.621 bits per heavy atom. The van der Waals surface area contributed by atoms with Gasteiger partial charge in [-0.25, -0.2) is 0 Å². The number of aliphatic hydroxyl groups excluding tert-OH is 1. The third kappa shape index (κ3) is 7.65. The van der Waals surface area contributed by atoms with E-state index < -0.39 is 7.82 Å². The first kappa shape index (κ1) is 22.5. The monoisotopic (exact) mass is 414 g/mol. The lowest BCUT2D eigenvalue weighted by molar-refractivity contribution is 0.298. The van der Waals surface area contributed by atoms with Gasteiger partial charge in [-0.15, -0.1) is 0 Å².